The van der Waals surface area contributed by atoms with Crippen LogP contribution in [0.3, 0.4) is 0 Å². The Labute approximate surface area is 179 Å². The van der Waals surface area contributed by atoms with Gasteiger partial charge < -0.3 is 43.0 Å². The van der Waals surface area contributed by atoms with Crippen molar-refractivity contribution in [3.05, 3.63) is 0 Å². The van der Waals surface area contributed by atoms with E-state index in [1.54, 1.807) is 6.92 Å². The van der Waals surface area contributed by atoms with Gasteiger partial charge in [0.15, 0.2) is 12.2 Å². The van der Waals surface area contributed by atoms with Crippen LogP contribution in [0.2, 0.25) is 0 Å². The van der Waals surface area contributed by atoms with Crippen LogP contribution in [0.15, 0.2) is 0 Å². The molecular weight excluding hydrogens is 412 g/mol. The fourth-order valence-corrected chi connectivity index (χ4v) is 2.78. The maximum atomic E-state index is 12.6. The average Bonchev–Trinajstić information content (AvgIpc) is 3.51. The standard InChI is InChI=1S/C18H32N6O7/c1-2-5-10(23-15(26)9(20)6-3-4-7-19)16(27)24-11(18(29)30)8-22-17(28)13-12(31-13)14(21)25/h9-13H,2-8,19-20H2,1H3,(H2,21,25)(H,22,28)(H,23,26)(H,24,27)(H,29,30)/t9-,10-,11-,12?,13?/m0/s1. The number of epoxide rings is 1. The van der Waals surface area contributed by atoms with E-state index in [2.05, 4.69) is 16.0 Å². The first kappa shape index (κ1) is 26.3. The molecule has 13 heteroatoms. The van der Waals surface area contributed by atoms with E-state index in [1.165, 1.54) is 0 Å². The Kier molecular flexibility index (Phi) is 10.9. The molecule has 10 N–H and O–H groups in total. The van der Waals surface area contributed by atoms with Crippen molar-refractivity contribution < 1.29 is 33.8 Å². The smallest absolute Gasteiger partial charge is 0.328 e. The maximum absolute atomic E-state index is 12.6. The zero-order valence-corrected chi connectivity index (χ0v) is 17.5. The average molecular weight is 444 g/mol. The third-order valence-corrected chi connectivity index (χ3v) is 4.64. The molecule has 31 heavy (non-hydrogen) atoms. The predicted molar refractivity (Wildman–Crippen MR) is 108 cm³/mol. The van der Waals surface area contributed by atoms with Crippen molar-refractivity contribution in [1.82, 2.24) is 16.0 Å². The van der Waals surface area contributed by atoms with Crippen LogP contribution in [0.5, 0.6) is 0 Å². The van der Waals surface area contributed by atoms with Gasteiger partial charge in [0.2, 0.25) is 17.7 Å². The fraction of sp³-hybridized carbons (Fsp3) is 0.722. The number of unbranched alkanes of at least 4 members (excludes halogenated alkanes) is 1. The van der Waals surface area contributed by atoms with Gasteiger partial charge in [-0.15, -0.1) is 0 Å². The largest absolute Gasteiger partial charge is 0.480 e. The number of hydrogen-bond donors (Lipinski definition) is 7. The van der Waals surface area contributed by atoms with E-state index < -0.39 is 66.5 Å². The van der Waals surface area contributed by atoms with Crippen LogP contribution in [0.25, 0.3) is 0 Å². The highest BCUT2D eigenvalue weighted by Gasteiger charge is 2.49. The Bertz CT molecular complexity index is 674. The van der Waals surface area contributed by atoms with Crippen molar-refractivity contribution in [2.24, 2.45) is 17.2 Å². The van der Waals surface area contributed by atoms with Crippen LogP contribution in [0.1, 0.15) is 39.0 Å². The van der Waals surface area contributed by atoms with Crippen molar-refractivity contribution in [3.63, 3.8) is 0 Å². The number of amides is 4. The number of rotatable bonds is 15. The predicted octanol–water partition coefficient (Wildman–Crippen LogP) is -3.33. The van der Waals surface area contributed by atoms with Gasteiger partial charge in [0.25, 0.3) is 5.91 Å². The Hall–Kier alpha value is -2.77. The number of nitrogens with two attached hydrogens (primary N) is 3. The van der Waals surface area contributed by atoms with E-state index in [4.69, 9.17) is 21.9 Å². The lowest BCUT2D eigenvalue weighted by molar-refractivity contribution is -0.142. The normalized spacial score (nSPS) is 20.1. The van der Waals surface area contributed by atoms with Gasteiger partial charge in [-0.3, -0.25) is 19.2 Å². The summed E-state index contributed by atoms with van der Waals surface area (Å²) in [5.74, 6) is -4.15. The lowest BCUT2D eigenvalue weighted by Crippen LogP contribution is -2.56. The zero-order valence-electron chi connectivity index (χ0n) is 17.5. The first-order valence-electron chi connectivity index (χ1n) is 10.1. The molecule has 1 aliphatic heterocycles. The number of carboxylic acids is 1. The quantitative estimate of drug-likeness (QED) is 0.0986. The summed E-state index contributed by atoms with van der Waals surface area (Å²) in [4.78, 5) is 59.1. The molecule has 0 spiro atoms. The van der Waals surface area contributed by atoms with Gasteiger partial charge in [-0.1, -0.05) is 19.8 Å². The molecule has 1 heterocycles. The Morgan fingerprint density at radius 1 is 1.00 bits per heavy atom. The van der Waals surface area contributed by atoms with E-state index >= 15 is 0 Å². The first-order chi connectivity index (χ1) is 14.6. The van der Waals surface area contributed by atoms with Gasteiger partial charge in [-0.2, -0.15) is 0 Å². The summed E-state index contributed by atoms with van der Waals surface area (Å²) in [5.41, 5.74) is 16.2. The topological polar surface area (TPSA) is 232 Å². The maximum Gasteiger partial charge on any atom is 0.328 e. The minimum Gasteiger partial charge on any atom is -0.480 e. The van der Waals surface area contributed by atoms with Gasteiger partial charge in [-0.05, 0) is 25.8 Å². The molecule has 1 fully saturated rings. The van der Waals surface area contributed by atoms with E-state index in [9.17, 15) is 29.1 Å². The number of ether oxygens (including phenoxy) is 1. The highest BCUT2D eigenvalue weighted by molar-refractivity contribution is 5.95. The molecule has 1 rings (SSSR count). The molecule has 0 aliphatic carbocycles. The highest BCUT2D eigenvalue weighted by Crippen LogP contribution is 2.21. The molecule has 1 saturated heterocycles. The van der Waals surface area contributed by atoms with Crippen LogP contribution in [0.4, 0.5) is 0 Å². The molecule has 5 atom stereocenters. The summed E-state index contributed by atoms with van der Waals surface area (Å²) in [6.07, 6.45) is 0.482. The second-order valence-corrected chi connectivity index (χ2v) is 7.27. The third-order valence-electron chi connectivity index (χ3n) is 4.64. The van der Waals surface area contributed by atoms with E-state index in [-0.39, 0.29) is 6.42 Å². The molecule has 1 aliphatic rings. The second kappa shape index (κ2) is 12.8. The Balaban J connectivity index is 2.61. The monoisotopic (exact) mass is 444 g/mol. The molecular formula is C18H32N6O7. The van der Waals surface area contributed by atoms with E-state index in [1.807, 2.05) is 0 Å². The molecule has 13 nitrogen and oxygen atoms in total. The van der Waals surface area contributed by atoms with Crippen LogP contribution in [-0.2, 0) is 28.7 Å². The minimum atomic E-state index is -1.46. The summed E-state index contributed by atoms with van der Waals surface area (Å²) in [5, 5.41) is 16.5. The summed E-state index contributed by atoms with van der Waals surface area (Å²) in [6.45, 7) is 1.84. The van der Waals surface area contributed by atoms with Crippen LogP contribution in [-0.4, -0.2) is 78.1 Å². The fourth-order valence-electron chi connectivity index (χ4n) is 2.78. The molecule has 4 amide bonds. The summed E-state index contributed by atoms with van der Waals surface area (Å²) >= 11 is 0. The van der Waals surface area contributed by atoms with Crippen molar-refractivity contribution in [2.75, 3.05) is 13.1 Å². The van der Waals surface area contributed by atoms with Gasteiger partial charge >= 0.3 is 5.97 Å². The van der Waals surface area contributed by atoms with Gasteiger partial charge in [0.05, 0.1) is 6.04 Å². The summed E-state index contributed by atoms with van der Waals surface area (Å²) < 4.78 is 4.80. The number of carbonyl (C=O) groups excluding carboxylic acids is 4. The van der Waals surface area contributed by atoms with Crippen molar-refractivity contribution in [3.8, 4) is 0 Å². The molecule has 0 radical (unpaired) electrons. The number of primary amides is 1. The lowest BCUT2D eigenvalue weighted by Gasteiger charge is -2.22. The van der Waals surface area contributed by atoms with Gasteiger partial charge in [-0.25, -0.2) is 4.79 Å². The van der Waals surface area contributed by atoms with Crippen LogP contribution in [0, 0.1) is 0 Å². The van der Waals surface area contributed by atoms with Gasteiger partial charge in [0, 0.05) is 6.54 Å². The molecule has 0 aromatic carbocycles. The number of nitrogens with one attached hydrogen (secondary N) is 3. The van der Waals surface area contributed by atoms with E-state index in [0.717, 1.165) is 6.42 Å². The first-order valence-corrected chi connectivity index (χ1v) is 10.1. The van der Waals surface area contributed by atoms with Crippen LogP contribution >= 0.6 is 0 Å². The Morgan fingerprint density at radius 2 is 1.65 bits per heavy atom. The summed E-state index contributed by atoms with van der Waals surface area (Å²) in [6, 6.07) is -3.26. The number of carboxylic acid groups (broad SMARTS) is 1. The molecule has 0 saturated carbocycles. The number of aliphatic carboxylic acids is 1. The van der Waals surface area contributed by atoms with Crippen molar-refractivity contribution >= 4 is 29.6 Å². The number of carbonyl (C=O) groups is 5. The SMILES string of the molecule is CCC[C@H](NC(=O)[C@@H](N)CCCCN)C(=O)N[C@@H](CNC(=O)C1OC1C(N)=O)C(=O)O. The van der Waals surface area contributed by atoms with E-state index in [0.29, 0.717) is 25.8 Å². The minimum absolute atomic E-state index is 0.266. The van der Waals surface area contributed by atoms with Gasteiger partial charge in [0.1, 0.15) is 12.1 Å². The molecule has 2 unspecified atom stereocenters. The molecule has 176 valence electrons. The Morgan fingerprint density at radius 3 is 2.16 bits per heavy atom. The summed E-state index contributed by atoms with van der Waals surface area (Å²) in [7, 11) is 0. The van der Waals surface area contributed by atoms with Crippen LogP contribution < -0.4 is 33.2 Å². The third kappa shape index (κ3) is 8.86. The van der Waals surface area contributed by atoms with Crippen molar-refractivity contribution in [1.29, 1.82) is 0 Å². The number of hydrogen-bond acceptors (Lipinski definition) is 8. The zero-order chi connectivity index (χ0) is 23.6. The second-order valence-electron chi connectivity index (χ2n) is 7.27. The highest BCUT2D eigenvalue weighted by atomic mass is 16.6. The lowest BCUT2D eigenvalue weighted by atomic mass is 10.1. The molecule has 0 aromatic rings. The molecule has 0 bridgehead atoms. The van der Waals surface area contributed by atoms with Crippen molar-refractivity contribution in [2.45, 2.75) is 69.4 Å². The molecule has 0 aromatic heterocycles.